The Labute approximate surface area is 234 Å². The number of aliphatic hydroxyl groups excluding tert-OH is 3. The van der Waals surface area contributed by atoms with Crippen molar-refractivity contribution in [2.24, 2.45) is 0 Å². The van der Waals surface area contributed by atoms with Gasteiger partial charge in [-0.1, -0.05) is 12.8 Å². The molecule has 1 unspecified atom stereocenters. The van der Waals surface area contributed by atoms with E-state index in [2.05, 4.69) is 15.4 Å². The molecule has 4 rings (SSSR count). The maximum absolute atomic E-state index is 12.2. The van der Waals surface area contributed by atoms with Gasteiger partial charge in [-0.3, -0.25) is 4.57 Å². The van der Waals surface area contributed by atoms with Gasteiger partial charge in [0, 0.05) is 6.04 Å². The molecule has 2 fully saturated rings. The van der Waals surface area contributed by atoms with E-state index in [1.165, 1.54) is 4.52 Å². The fourth-order valence-electron chi connectivity index (χ4n) is 4.83. The molecule has 0 bridgehead atoms. The number of nitrogens with one attached hydrogen (secondary N) is 1. The van der Waals surface area contributed by atoms with Gasteiger partial charge in [-0.15, -0.1) is 5.10 Å². The Bertz CT molecular complexity index is 1220. The molecule has 0 aromatic carbocycles. The van der Waals surface area contributed by atoms with Crippen LogP contribution in [0.15, 0.2) is 12.1 Å². The third-order valence-electron chi connectivity index (χ3n) is 7.01. The number of halogens is 1. The third kappa shape index (κ3) is 6.59. The molecule has 0 spiro atoms. The second kappa shape index (κ2) is 12.9. The monoisotopic (exact) mass is 608 g/mol. The molecule has 1 aliphatic carbocycles. The normalized spacial score (nSPS) is 25.4. The second-order valence-electron chi connectivity index (χ2n) is 9.74. The molecular weight excluding hydrogens is 575 g/mol. The van der Waals surface area contributed by atoms with Gasteiger partial charge < -0.3 is 49.4 Å². The molecule has 17 heteroatoms. The smallest absolute Gasteiger partial charge is 0.361 e. The molecule has 6 N–H and O–H groups in total. The van der Waals surface area contributed by atoms with Crippen molar-refractivity contribution >= 4 is 36.5 Å². The summed E-state index contributed by atoms with van der Waals surface area (Å²) in [5.74, 6) is -0.256. The number of hydrogen-bond acceptors (Lipinski definition) is 12. The fraction of sp³-hybridized carbons (Fsp3) is 0.696. The number of nitrogens with zero attached hydrogens (tertiary/aromatic N) is 3. The third-order valence-corrected chi connectivity index (χ3v) is 8.63. The summed E-state index contributed by atoms with van der Waals surface area (Å²) < 4.78 is 34.7. The predicted molar refractivity (Wildman–Crippen MR) is 139 cm³/mol. The lowest BCUT2D eigenvalue weighted by Gasteiger charge is -2.33. The van der Waals surface area contributed by atoms with Gasteiger partial charge in [0.2, 0.25) is 10.6 Å². The quantitative estimate of drug-likeness (QED) is 0.134. The maximum Gasteiger partial charge on any atom is 0.361 e. The van der Waals surface area contributed by atoms with E-state index in [1.807, 2.05) is 0 Å². The standard InChI is InChI=1S/C23H34ClN4O11P/c1-2-37-17(30)10-36-12-23(11-29,40(33,34)35)38-9-16-18(31)19(32)20(39-16)14-7-8-15-21(25-13-5-3-4-6-13)26-22(24)27-28(14)15/h7-8,13,16,18-20,29,31-32H,2-6,9-12H2,1H3,(H,25,26,27)(H2,33,34,35)/t16-,18-,19-,20+,23?/m1/s1. The van der Waals surface area contributed by atoms with Crippen LogP contribution in [0.4, 0.5) is 5.82 Å². The number of hydrogen-bond donors (Lipinski definition) is 6. The van der Waals surface area contributed by atoms with Crippen molar-refractivity contribution in [1.29, 1.82) is 0 Å². The molecule has 3 heterocycles. The molecular formula is C23H34ClN4O11P. The highest BCUT2D eigenvalue weighted by molar-refractivity contribution is 7.53. The minimum absolute atomic E-state index is 0.0458. The van der Waals surface area contributed by atoms with E-state index < -0.39 is 69.8 Å². The van der Waals surface area contributed by atoms with E-state index in [4.69, 9.17) is 30.5 Å². The van der Waals surface area contributed by atoms with Crippen molar-refractivity contribution in [2.45, 2.75) is 68.4 Å². The number of rotatable bonds is 13. The van der Waals surface area contributed by atoms with Gasteiger partial charge in [-0.2, -0.15) is 4.98 Å². The largest absolute Gasteiger partial charge is 0.464 e. The van der Waals surface area contributed by atoms with E-state index in [9.17, 15) is 34.5 Å². The van der Waals surface area contributed by atoms with Crippen molar-refractivity contribution in [1.82, 2.24) is 14.6 Å². The topological polar surface area (TPSA) is 214 Å². The number of carbonyl (C=O) groups excluding carboxylic acids is 1. The molecule has 40 heavy (non-hydrogen) atoms. The average Bonchev–Trinajstić information content (AvgIpc) is 3.62. The van der Waals surface area contributed by atoms with Crippen molar-refractivity contribution in [2.75, 3.05) is 38.4 Å². The number of ether oxygens (including phenoxy) is 4. The van der Waals surface area contributed by atoms with Crippen LogP contribution in [0.1, 0.15) is 44.4 Å². The minimum Gasteiger partial charge on any atom is -0.464 e. The van der Waals surface area contributed by atoms with Gasteiger partial charge in [0.25, 0.3) is 0 Å². The summed E-state index contributed by atoms with van der Waals surface area (Å²) in [5.41, 5.74) is 0.930. The highest BCUT2D eigenvalue weighted by atomic mass is 35.5. The Morgan fingerprint density at radius 1 is 1.27 bits per heavy atom. The van der Waals surface area contributed by atoms with Crippen LogP contribution in [0, 0.1) is 0 Å². The fourth-order valence-corrected chi connectivity index (χ4v) is 5.68. The summed E-state index contributed by atoms with van der Waals surface area (Å²) in [6.45, 7) is -1.66. The van der Waals surface area contributed by atoms with Crippen molar-refractivity contribution in [3.8, 4) is 0 Å². The number of esters is 1. The van der Waals surface area contributed by atoms with Gasteiger partial charge in [0.05, 0.1) is 32.1 Å². The lowest BCUT2D eigenvalue weighted by atomic mass is 10.1. The highest BCUT2D eigenvalue weighted by Gasteiger charge is 2.51. The van der Waals surface area contributed by atoms with Gasteiger partial charge in [0.1, 0.15) is 36.5 Å². The van der Waals surface area contributed by atoms with E-state index >= 15 is 0 Å². The van der Waals surface area contributed by atoms with Crippen molar-refractivity contribution in [3.63, 3.8) is 0 Å². The van der Waals surface area contributed by atoms with Crippen LogP contribution < -0.4 is 5.32 Å². The molecule has 0 radical (unpaired) electrons. The van der Waals surface area contributed by atoms with Gasteiger partial charge in [0.15, 0.2) is 5.82 Å². The molecule has 5 atom stereocenters. The Kier molecular flexibility index (Phi) is 10.0. The van der Waals surface area contributed by atoms with Crippen molar-refractivity contribution < 1.29 is 53.4 Å². The predicted octanol–water partition coefficient (Wildman–Crippen LogP) is 0.361. The first-order valence-corrected chi connectivity index (χ1v) is 14.9. The van der Waals surface area contributed by atoms with Crippen LogP contribution in [0.25, 0.3) is 5.52 Å². The lowest BCUT2D eigenvalue weighted by Crippen LogP contribution is -2.45. The molecule has 2 aromatic rings. The van der Waals surface area contributed by atoms with E-state index in [0.717, 1.165) is 25.7 Å². The lowest BCUT2D eigenvalue weighted by molar-refractivity contribution is -0.155. The van der Waals surface area contributed by atoms with Crippen molar-refractivity contribution in [3.05, 3.63) is 23.1 Å². The first kappa shape index (κ1) is 31.0. The minimum atomic E-state index is -5.19. The molecule has 0 amide bonds. The van der Waals surface area contributed by atoms with Crippen LogP contribution in [0.3, 0.4) is 0 Å². The molecule has 15 nitrogen and oxygen atoms in total. The molecule has 1 saturated heterocycles. The SMILES string of the molecule is CCOC(=O)COCC(CO)(OC[C@H]1O[C@@H](c2ccc3c(NC4CCCC4)nc(Cl)nn23)[C@H](O)[C@@H]1O)P(=O)(O)O. The molecule has 1 saturated carbocycles. The number of anilines is 1. The van der Waals surface area contributed by atoms with Gasteiger partial charge in [-0.25, -0.2) is 9.31 Å². The van der Waals surface area contributed by atoms with Crippen LogP contribution >= 0.6 is 19.2 Å². The molecule has 2 aliphatic rings. The number of carbonyl (C=O) groups is 1. The average molecular weight is 609 g/mol. The summed E-state index contributed by atoms with van der Waals surface area (Å²) in [6.07, 6.45) is -1.16. The Hall–Kier alpha value is -1.91. The first-order chi connectivity index (χ1) is 19.0. The zero-order valence-electron chi connectivity index (χ0n) is 21.8. The number of aromatic nitrogens is 3. The Morgan fingerprint density at radius 3 is 2.65 bits per heavy atom. The van der Waals surface area contributed by atoms with Crippen LogP contribution in [-0.4, -0.2) is 108 Å². The van der Waals surface area contributed by atoms with Gasteiger partial charge >= 0.3 is 13.6 Å². The van der Waals surface area contributed by atoms with Gasteiger partial charge in [-0.05, 0) is 43.5 Å². The summed E-state index contributed by atoms with van der Waals surface area (Å²) in [4.78, 5) is 35.6. The molecule has 224 valence electrons. The highest BCUT2D eigenvalue weighted by Crippen LogP contribution is 2.51. The number of aliphatic hydroxyl groups is 3. The van der Waals surface area contributed by atoms with Crippen LogP contribution in [-0.2, 0) is 28.3 Å². The molecule has 2 aromatic heterocycles. The number of fused-ring (bicyclic) bond motifs is 1. The molecule has 1 aliphatic heterocycles. The van der Waals surface area contributed by atoms with Crippen LogP contribution in [0.5, 0.6) is 0 Å². The maximum atomic E-state index is 12.2. The zero-order valence-corrected chi connectivity index (χ0v) is 23.4. The summed E-state index contributed by atoms with van der Waals surface area (Å²) in [5, 5.41) is 36.4. The summed E-state index contributed by atoms with van der Waals surface area (Å²) in [6, 6.07) is 3.61. The summed E-state index contributed by atoms with van der Waals surface area (Å²) >= 11 is 6.18. The first-order valence-electron chi connectivity index (χ1n) is 12.9. The van der Waals surface area contributed by atoms with E-state index in [0.29, 0.717) is 17.0 Å². The second-order valence-corrected chi connectivity index (χ2v) is 12.0. The Morgan fingerprint density at radius 2 is 2.00 bits per heavy atom. The zero-order chi connectivity index (χ0) is 29.1. The van der Waals surface area contributed by atoms with Crippen LogP contribution in [0.2, 0.25) is 5.28 Å². The summed E-state index contributed by atoms with van der Waals surface area (Å²) in [7, 11) is -5.19. The van der Waals surface area contributed by atoms with E-state index in [1.54, 1.807) is 19.1 Å². The van der Waals surface area contributed by atoms with E-state index in [-0.39, 0.29) is 17.9 Å². The Balaban J connectivity index is 1.49.